The molecule has 3 aliphatic rings. The van der Waals surface area contributed by atoms with Crippen LogP contribution in [0.2, 0.25) is 0 Å². The number of carbonyl (C=O) groups excluding carboxylic acids is 4. The molecule has 0 saturated carbocycles. The summed E-state index contributed by atoms with van der Waals surface area (Å²) in [5.74, 6) is -1.58. The number of rotatable bonds is 6. The summed E-state index contributed by atoms with van der Waals surface area (Å²) in [7, 11) is 0. The van der Waals surface area contributed by atoms with Crippen LogP contribution in [0.5, 0.6) is 0 Å². The zero-order valence-electron chi connectivity index (χ0n) is 25.9. The van der Waals surface area contributed by atoms with E-state index in [-0.39, 0.29) is 0 Å². The molecule has 8 nitrogen and oxygen atoms in total. The highest BCUT2D eigenvalue weighted by Crippen LogP contribution is 2.56. The van der Waals surface area contributed by atoms with Crippen molar-refractivity contribution in [2.24, 2.45) is 0 Å². The van der Waals surface area contributed by atoms with Gasteiger partial charge in [-0.15, -0.1) is 0 Å². The van der Waals surface area contributed by atoms with Gasteiger partial charge >= 0.3 is 0 Å². The monoisotopic (exact) mass is 638 g/mol. The van der Waals surface area contributed by atoms with Gasteiger partial charge in [-0.1, -0.05) is 97.1 Å². The smallest absolute Gasteiger partial charge is 0.280 e. The fourth-order valence-electron chi connectivity index (χ4n) is 7.45. The quantitative estimate of drug-likeness (QED) is 0.186. The molecule has 6 aromatic rings. The van der Waals surface area contributed by atoms with E-state index in [0.29, 0.717) is 33.6 Å². The Morgan fingerprint density at radius 1 is 0.347 bits per heavy atom. The van der Waals surface area contributed by atoms with Gasteiger partial charge in [0.15, 0.2) is 0 Å². The summed E-state index contributed by atoms with van der Waals surface area (Å²) in [6.45, 7) is 0. The van der Waals surface area contributed by atoms with E-state index in [2.05, 4.69) is 35.1 Å². The van der Waals surface area contributed by atoms with Gasteiger partial charge in [-0.2, -0.15) is 10.0 Å². The molecule has 0 spiro atoms. The molecule has 0 bridgehead atoms. The van der Waals surface area contributed by atoms with Gasteiger partial charge in [0.1, 0.15) is 0 Å². The molecule has 0 atom stereocenters. The maximum absolute atomic E-state index is 13.0. The first kappa shape index (κ1) is 28.4. The van der Waals surface area contributed by atoms with E-state index in [9.17, 15) is 19.2 Å². The van der Waals surface area contributed by atoms with Gasteiger partial charge in [0, 0.05) is 0 Å². The second-order valence-electron chi connectivity index (χ2n) is 12.2. The van der Waals surface area contributed by atoms with Gasteiger partial charge in [0.25, 0.3) is 23.6 Å². The molecule has 0 saturated heterocycles. The highest BCUT2D eigenvalue weighted by Gasteiger charge is 2.46. The Morgan fingerprint density at radius 3 is 0.959 bits per heavy atom. The van der Waals surface area contributed by atoms with E-state index in [1.54, 1.807) is 48.5 Å². The van der Waals surface area contributed by atoms with E-state index in [1.165, 1.54) is 0 Å². The van der Waals surface area contributed by atoms with Gasteiger partial charge < -0.3 is 0 Å². The lowest BCUT2D eigenvalue weighted by Gasteiger charge is -2.34. The summed E-state index contributed by atoms with van der Waals surface area (Å²) in [6.07, 6.45) is 0. The Kier molecular flexibility index (Phi) is 6.16. The number of imide groups is 2. The molecule has 0 aromatic heterocycles. The Morgan fingerprint density at radius 2 is 0.633 bits per heavy atom. The molecule has 4 amide bonds. The summed E-state index contributed by atoms with van der Waals surface area (Å²) in [4.78, 5) is 52.1. The highest BCUT2D eigenvalue weighted by molar-refractivity contribution is 6.22. The first-order valence-corrected chi connectivity index (χ1v) is 15.9. The number of hydrogen-bond acceptors (Lipinski definition) is 6. The van der Waals surface area contributed by atoms with Crippen LogP contribution in [-0.4, -0.2) is 33.6 Å². The van der Waals surface area contributed by atoms with Crippen molar-refractivity contribution in [2.45, 2.75) is 5.41 Å². The Bertz CT molecular complexity index is 2140. The van der Waals surface area contributed by atoms with Gasteiger partial charge in [0.2, 0.25) is 0 Å². The topological polar surface area (TPSA) is 98.8 Å². The van der Waals surface area contributed by atoms with E-state index in [0.717, 1.165) is 43.4 Å². The number of hydrazine groups is 2. The minimum atomic E-state index is -0.713. The average molecular weight is 639 g/mol. The molecule has 2 aliphatic heterocycles. The second kappa shape index (κ2) is 10.6. The zero-order chi connectivity index (χ0) is 33.3. The maximum atomic E-state index is 13.0. The van der Waals surface area contributed by atoms with Crippen LogP contribution in [0.25, 0.3) is 11.1 Å². The van der Waals surface area contributed by atoms with Crippen LogP contribution < -0.4 is 10.9 Å². The predicted octanol–water partition coefficient (Wildman–Crippen LogP) is 7.30. The minimum absolute atomic E-state index is 0.371. The molecule has 0 fully saturated rings. The molecule has 2 N–H and O–H groups in total. The Labute approximate surface area is 281 Å². The van der Waals surface area contributed by atoms with Crippen LogP contribution in [0.15, 0.2) is 146 Å². The molecule has 9 rings (SSSR count). The largest absolute Gasteiger partial charge is 0.288 e. The summed E-state index contributed by atoms with van der Waals surface area (Å²) in [6, 6.07) is 45.9. The number of carbonyl (C=O) groups is 4. The number of fused-ring (bicyclic) bond motifs is 5. The van der Waals surface area contributed by atoms with E-state index >= 15 is 0 Å². The van der Waals surface area contributed by atoms with E-state index < -0.39 is 29.0 Å². The molecule has 49 heavy (non-hydrogen) atoms. The third-order valence-electron chi connectivity index (χ3n) is 9.66. The molecule has 2 heterocycles. The van der Waals surface area contributed by atoms with Crippen molar-refractivity contribution in [3.8, 4) is 11.1 Å². The van der Waals surface area contributed by atoms with Crippen LogP contribution in [0, 0.1) is 0 Å². The van der Waals surface area contributed by atoms with Crippen molar-refractivity contribution in [2.75, 3.05) is 10.9 Å². The zero-order valence-corrected chi connectivity index (χ0v) is 25.9. The van der Waals surface area contributed by atoms with Crippen molar-refractivity contribution in [1.29, 1.82) is 0 Å². The standard InChI is InChI=1S/C41H26N4O4/c46-37-31-11-1-2-12-32(31)38(47)44(37)42-27-21-17-25(18-22-27)41(35-15-7-5-9-29(35)30-10-6-8-16-36(30)41)26-19-23-28(24-20-26)43-45-39(48)33-13-3-4-14-34(33)40(45)49/h1-24,42-43H. The van der Waals surface area contributed by atoms with Crippen LogP contribution in [0.4, 0.5) is 11.4 Å². The van der Waals surface area contributed by atoms with Crippen molar-refractivity contribution in [3.63, 3.8) is 0 Å². The van der Waals surface area contributed by atoms with Gasteiger partial charge in [-0.3, -0.25) is 30.0 Å². The van der Waals surface area contributed by atoms with Gasteiger partial charge in [-0.05, 0) is 81.9 Å². The van der Waals surface area contributed by atoms with Crippen LogP contribution >= 0.6 is 0 Å². The molecular formula is C41H26N4O4. The lowest BCUT2D eigenvalue weighted by atomic mass is 9.67. The average Bonchev–Trinajstić information content (AvgIpc) is 3.68. The fourth-order valence-corrected chi connectivity index (χ4v) is 7.45. The molecule has 0 unspecified atom stereocenters. The number of nitrogens with zero attached hydrogens (tertiary/aromatic N) is 2. The first-order chi connectivity index (χ1) is 24.0. The molecular weight excluding hydrogens is 612 g/mol. The van der Waals surface area contributed by atoms with Crippen molar-refractivity contribution in [3.05, 3.63) is 190 Å². The van der Waals surface area contributed by atoms with Crippen molar-refractivity contribution < 1.29 is 19.2 Å². The Balaban J connectivity index is 1.10. The van der Waals surface area contributed by atoms with Crippen molar-refractivity contribution in [1.82, 2.24) is 10.0 Å². The van der Waals surface area contributed by atoms with Crippen LogP contribution in [0.3, 0.4) is 0 Å². The minimum Gasteiger partial charge on any atom is -0.288 e. The lowest BCUT2D eigenvalue weighted by molar-refractivity contribution is 0.0675. The third kappa shape index (κ3) is 4.04. The van der Waals surface area contributed by atoms with Gasteiger partial charge in [-0.25, -0.2) is 0 Å². The summed E-state index contributed by atoms with van der Waals surface area (Å²) < 4.78 is 0. The van der Waals surface area contributed by atoms with E-state index in [1.807, 2.05) is 72.8 Å². The van der Waals surface area contributed by atoms with Crippen LogP contribution in [0.1, 0.15) is 63.7 Å². The molecule has 6 aromatic carbocycles. The Hall–Kier alpha value is -6.80. The third-order valence-corrected chi connectivity index (χ3v) is 9.66. The first-order valence-electron chi connectivity index (χ1n) is 15.9. The lowest BCUT2D eigenvalue weighted by Crippen LogP contribution is -2.35. The van der Waals surface area contributed by atoms with E-state index in [4.69, 9.17) is 0 Å². The molecule has 8 heteroatoms. The molecule has 234 valence electrons. The highest BCUT2D eigenvalue weighted by atomic mass is 16.2. The fraction of sp³-hybridized carbons (Fsp3) is 0.0244. The number of amides is 4. The van der Waals surface area contributed by atoms with Crippen molar-refractivity contribution >= 4 is 35.0 Å². The number of nitrogens with one attached hydrogen (secondary N) is 2. The molecule has 0 radical (unpaired) electrons. The van der Waals surface area contributed by atoms with Crippen LogP contribution in [-0.2, 0) is 5.41 Å². The number of hydrogen-bond donors (Lipinski definition) is 2. The summed E-state index contributed by atoms with van der Waals surface area (Å²) >= 11 is 0. The molecule has 1 aliphatic carbocycles. The normalized spacial score (nSPS) is 15.2. The van der Waals surface area contributed by atoms with Gasteiger partial charge in [0.05, 0.1) is 39.0 Å². The summed E-state index contributed by atoms with van der Waals surface area (Å²) in [5.41, 5.74) is 14.4. The number of anilines is 2. The SMILES string of the molecule is O=C1c2ccccc2C(=O)N1Nc1ccc(C2(c3ccc(NN4C(=O)c5ccccc5C4=O)cc3)c3ccccc3-c3ccccc32)cc1. The number of benzene rings is 6. The summed E-state index contributed by atoms with van der Waals surface area (Å²) in [5, 5.41) is 2.10. The second-order valence-corrected chi connectivity index (χ2v) is 12.2. The maximum Gasteiger partial charge on any atom is 0.280 e. The predicted molar refractivity (Wildman–Crippen MR) is 185 cm³/mol.